The highest BCUT2D eigenvalue weighted by molar-refractivity contribution is 5.77. The first-order valence-corrected chi connectivity index (χ1v) is 9.26. The van der Waals surface area contributed by atoms with Crippen LogP contribution in [0.4, 0.5) is 8.78 Å². The molecule has 8 heteroatoms. The Labute approximate surface area is 161 Å². The Morgan fingerprint density at radius 2 is 1.89 bits per heavy atom. The average Bonchev–Trinajstić information content (AvgIpc) is 3.00. The Bertz CT molecular complexity index is 1030. The molecule has 6 nitrogen and oxygen atoms in total. The second kappa shape index (κ2) is 7.43. The highest BCUT2D eigenvalue weighted by Crippen LogP contribution is 2.32. The molecule has 2 N–H and O–H groups in total. The van der Waals surface area contributed by atoms with Crippen LogP contribution in [0.5, 0.6) is 0 Å². The number of rotatable bonds is 6. The summed E-state index contributed by atoms with van der Waals surface area (Å²) in [5.41, 5.74) is 0.989. The quantitative estimate of drug-likeness (QED) is 0.674. The van der Waals surface area contributed by atoms with Crippen LogP contribution in [-0.4, -0.2) is 24.9 Å². The molecule has 3 rings (SSSR count). The van der Waals surface area contributed by atoms with E-state index in [4.69, 9.17) is 0 Å². The van der Waals surface area contributed by atoms with E-state index in [1.165, 1.54) is 12.1 Å². The van der Waals surface area contributed by atoms with Crippen molar-refractivity contribution < 1.29 is 13.9 Å². The lowest BCUT2D eigenvalue weighted by molar-refractivity contribution is 0.0174. The molecule has 0 fully saturated rings. The van der Waals surface area contributed by atoms with Gasteiger partial charge in [-0.15, -0.1) is 0 Å². The van der Waals surface area contributed by atoms with E-state index < -0.39 is 12.5 Å². The summed E-state index contributed by atoms with van der Waals surface area (Å²) in [5, 5.41) is 14.4. The van der Waals surface area contributed by atoms with Gasteiger partial charge in [-0.05, 0) is 11.5 Å². The molecule has 1 atom stereocenters. The summed E-state index contributed by atoms with van der Waals surface area (Å²) in [5.74, 6) is -2.36. The maximum atomic E-state index is 13.6. The number of benzene rings is 1. The van der Waals surface area contributed by atoms with E-state index in [0.29, 0.717) is 17.9 Å². The van der Waals surface area contributed by atoms with E-state index in [2.05, 4.69) is 15.1 Å². The molecule has 0 aliphatic carbocycles. The summed E-state index contributed by atoms with van der Waals surface area (Å²) in [6.45, 7) is 6.30. The fraction of sp³-hybridized carbons (Fsp3) is 0.450. The molecule has 0 amide bonds. The molecule has 28 heavy (non-hydrogen) atoms. The lowest BCUT2D eigenvalue weighted by Gasteiger charge is -2.23. The third-order valence-corrected chi connectivity index (χ3v) is 4.82. The minimum absolute atomic E-state index is 0.0359. The van der Waals surface area contributed by atoms with Gasteiger partial charge in [0.2, 0.25) is 0 Å². The van der Waals surface area contributed by atoms with Crippen LogP contribution in [-0.2, 0) is 19.0 Å². The number of aliphatic hydroxyl groups is 1. The average molecular weight is 390 g/mol. The van der Waals surface area contributed by atoms with Crippen LogP contribution < -0.4 is 5.56 Å². The topological polar surface area (TPSA) is 83.8 Å². The third-order valence-electron chi connectivity index (χ3n) is 4.82. The van der Waals surface area contributed by atoms with Crippen LogP contribution in [0.1, 0.15) is 56.4 Å². The molecule has 0 saturated carbocycles. The van der Waals surface area contributed by atoms with E-state index in [1.54, 1.807) is 16.8 Å². The van der Waals surface area contributed by atoms with Crippen LogP contribution in [0.2, 0.25) is 0 Å². The summed E-state index contributed by atoms with van der Waals surface area (Å²) in [4.78, 5) is 19.7. The minimum Gasteiger partial charge on any atom is -0.390 e. The van der Waals surface area contributed by atoms with Crippen molar-refractivity contribution in [2.45, 2.75) is 52.7 Å². The van der Waals surface area contributed by atoms with Crippen molar-refractivity contribution in [2.75, 3.05) is 0 Å². The van der Waals surface area contributed by atoms with Crippen molar-refractivity contribution in [2.24, 2.45) is 5.92 Å². The molecule has 0 aliphatic heterocycles. The van der Waals surface area contributed by atoms with Gasteiger partial charge in [0, 0.05) is 18.9 Å². The summed E-state index contributed by atoms with van der Waals surface area (Å²) in [6.07, 6.45) is 0.539. The number of alkyl halides is 2. The van der Waals surface area contributed by atoms with Gasteiger partial charge in [0.05, 0.1) is 12.6 Å². The van der Waals surface area contributed by atoms with Crippen LogP contribution >= 0.6 is 0 Å². The first kappa shape index (κ1) is 20.1. The molecule has 0 bridgehead atoms. The standard InChI is InChI=1S/C20H24F2N4O2/c1-5-15-23-18-16(19(28)24-15)14(10-27)25-26(18)17(11(2)3)12-6-8-13(9-7-12)20(4,21)22/h6-9,11,17,27H,5,10H2,1-4H3,(H,23,24,28)/t17-/m0/s1. The van der Waals surface area contributed by atoms with Gasteiger partial charge in [0.25, 0.3) is 11.5 Å². The van der Waals surface area contributed by atoms with E-state index in [9.17, 15) is 18.7 Å². The second-order valence-electron chi connectivity index (χ2n) is 7.31. The number of nitrogens with one attached hydrogen (secondary N) is 1. The number of aromatic amines is 1. The van der Waals surface area contributed by atoms with Crippen LogP contribution in [0.15, 0.2) is 29.1 Å². The maximum absolute atomic E-state index is 13.6. The van der Waals surface area contributed by atoms with Gasteiger partial charge in [0.1, 0.15) is 16.9 Å². The molecule has 3 aromatic rings. The molecule has 0 aliphatic rings. The number of nitrogens with zero attached hydrogens (tertiary/aromatic N) is 3. The predicted molar refractivity (Wildman–Crippen MR) is 102 cm³/mol. The Morgan fingerprint density at radius 3 is 2.39 bits per heavy atom. The van der Waals surface area contributed by atoms with Crippen LogP contribution in [0, 0.1) is 5.92 Å². The zero-order valence-corrected chi connectivity index (χ0v) is 16.3. The van der Waals surface area contributed by atoms with Crippen molar-refractivity contribution >= 4 is 11.0 Å². The van der Waals surface area contributed by atoms with Crippen LogP contribution in [0.25, 0.3) is 11.0 Å². The largest absolute Gasteiger partial charge is 0.390 e. The van der Waals surface area contributed by atoms with Gasteiger partial charge in [0.15, 0.2) is 5.65 Å². The van der Waals surface area contributed by atoms with Crippen molar-refractivity contribution in [3.05, 3.63) is 57.3 Å². The molecule has 0 unspecified atom stereocenters. The minimum atomic E-state index is -2.92. The Kier molecular flexibility index (Phi) is 5.34. The third kappa shape index (κ3) is 3.56. The van der Waals surface area contributed by atoms with Gasteiger partial charge in [-0.2, -0.15) is 5.10 Å². The monoisotopic (exact) mass is 390 g/mol. The van der Waals surface area contributed by atoms with E-state index in [-0.39, 0.29) is 34.2 Å². The first-order valence-electron chi connectivity index (χ1n) is 9.26. The summed E-state index contributed by atoms with van der Waals surface area (Å²) in [7, 11) is 0. The number of halogens is 2. The van der Waals surface area contributed by atoms with E-state index >= 15 is 0 Å². The van der Waals surface area contributed by atoms with Gasteiger partial charge >= 0.3 is 0 Å². The van der Waals surface area contributed by atoms with Crippen molar-refractivity contribution in [1.82, 2.24) is 19.7 Å². The number of aliphatic hydroxyl groups excluding tert-OH is 1. The zero-order chi connectivity index (χ0) is 20.6. The Hall–Kier alpha value is -2.61. The molecular weight excluding hydrogens is 366 g/mol. The zero-order valence-electron chi connectivity index (χ0n) is 16.3. The molecule has 2 aromatic heterocycles. The summed E-state index contributed by atoms with van der Waals surface area (Å²) < 4.78 is 28.7. The van der Waals surface area contributed by atoms with Gasteiger partial charge in [-0.25, -0.2) is 18.4 Å². The lowest BCUT2D eigenvalue weighted by Crippen LogP contribution is -2.20. The highest BCUT2D eigenvalue weighted by Gasteiger charge is 2.27. The number of hydrogen-bond donors (Lipinski definition) is 2. The normalized spacial score (nSPS) is 13.4. The van der Waals surface area contributed by atoms with Crippen molar-refractivity contribution in [1.29, 1.82) is 0 Å². The Morgan fingerprint density at radius 1 is 1.25 bits per heavy atom. The number of hydrogen-bond acceptors (Lipinski definition) is 4. The van der Waals surface area contributed by atoms with E-state index in [0.717, 1.165) is 12.5 Å². The molecule has 2 heterocycles. The summed E-state index contributed by atoms with van der Waals surface area (Å²) in [6, 6.07) is 5.78. The fourth-order valence-corrected chi connectivity index (χ4v) is 3.41. The number of fused-ring (bicyclic) bond motifs is 1. The van der Waals surface area contributed by atoms with Gasteiger partial charge in [-0.1, -0.05) is 45.0 Å². The molecule has 0 saturated heterocycles. The fourth-order valence-electron chi connectivity index (χ4n) is 3.41. The Balaban J connectivity index is 2.21. The van der Waals surface area contributed by atoms with E-state index in [1.807, 2.05) is 20.8 Å². The molecule has 0 radical (unpaired) electrons. The second-order valence-corrected chi connectivity index (χ2v) is 7.31. The smallest absolute Gasteiger partial charge is 0.270 e. The molecular formula is C20H24F2N4O2. The number of H-pyrrole nitrogens is 1. The first-order chi connectivity index (χ1) is 13.2. The molecule has 0 spiro atoms. The predicted octanol–water partition coefficient (Wildman–Crippen LogP) is 3.53. The van der Waals surface area contributed by atoms with Gasteiger partial charge in [-0.3, -0.25) is 4.79 Å². The number of aryl methyl sites for hydroxylation is 1. The van der Waals surface area contributed by atoms with Crippen LogP contribution in [0.3, 0.4) is 0 Å². The van der Waals surface area contributed by atoms with Gasteiger partial charge < -0.3 is 10.1 Å². The number of aromatic nitrogens is 4. The summed E-state index contributed by atoms with van der Waals surface area (Å²) >= 11 is 0. The van der Waals surface area contributed by atoms with Crippen molar-refractivity contribution in [3.63, 3.8) is 0 Å². The maximum Gasteiger partial charge on any atom is 0.270 e. The SMILES string of the molecule is CCc1nc2c(c(CO)nn2[C@H](c2ccc(C(C)(F)F)cc2)C(C)C)c(=O)[nH]1. The lowest BCUT2D eigenvalue weighted by atomic mass is 9.94. The van der Waals surface area contributed by atoms with Crippen molar-refractivity contribution in [3.8, 4) is 0 Å². The molecule has 150 valence electrons. The highest BCUT2D eigenvalue weighted by atomic mass is 19.3. The molecule has 1 aromatic carbocycles.